The summed E-state index contributed by atoms with van der Waals surface area (Å²) in [4.78, 5) is 0. The number of hydrogen-bond donors (Lipinski definition) is 0. The summed E-state index contributed by atoms with van der Waals surface area (Å²) in [5.41, 5.74) is 2.13. The average Bonchev–Trinajstić information content (AvgIpc) is 2.50. The molecule has 1 aromatic carbocycles. The number of unbranched alkanes of at least 4 members (excludes halogenated alkanes) is 9. The molecule has 20 heavy (non-hydrogen) atoms. The van der Waals surface area contributed by atoms with E-state index in [9.17, 15) is 0 Å². The Balaban J connectivity index is 1.93. The van der Waals surface area contributed by atoms with E-state index in [1.807, 2.05) is 12.1 Å². The van der Waals surface area contributed by atoms with E-state index in [2.05, 4.69) is 25.1 Å². The minimum Gasteiger partial charge on any atom is -0.192 e. The highest BCUT2D eigenvalue weighted by Crippen LogP contribution is 2.12. The fraction of sp³-hybridized carbons (Fsp3) is 0.632. The molecule has 1 aromatic rings. The van der Waals surface area contributed by atoms with Crippen LogP contribution < -0.4 is 0 Å². The van der Waals surface area contributed by atoms with Crippen molar-refractivity contribution < 1.29 is 0 Å². The van der Waals surface area contributed by atoms with E-state index in [-0.39, 0.29) is 0 Å². The summed E-state index contributed by atoms with van der Waals surface area (Å²) in [5.74, 6) is 0. The Bertz CT molecular complexity index is 372. The first kappa shape index (κ1) is 16.8. The summed E-state index contributed by atoms with van der Waals surface area (Å²) < 4.78 is 0. The van der Waals surface area contributed by atoms with Gasteiger partial charge in [0.15, 0.2) is 0 Å². The van der Waals surface area contributed by atoms with Crippen molar-refractivity contribution in [2.45, 2.75) is 77.6 Å². The first-order valence-electron chi connectivity index (χ1n) is 8.36. The van der Waals surface area contributed by atoms with Crippen LogP contribution in [-0.2, 0) is 6.42 Å². The van der Waals surface area contributed by atoms with Gasteiger partial charge in [-0.15, -0.1) is 0 Å². The summed E-state index contributed by atoms with van der Waals surface area (Å²) in [5, 5.41) is 8.74. The van der Waals surface area contributed by atoms with Crippen molar-refractivity contribution in [1.29, 1.82) is 5.26 Å². The van der Waals surface area contributed by atoms with Crippen molar-refractivity contribution in [2.24, 2.45) is 0 Å². The molecular formula is C19H29N. The van der Waals surface area contributed by atoms with E-state index >= 15 is 0 Å². The zero-order valence-electron chi connectivity index (χ0n) is 13.0. The Kier molecular flexibility index (Phi) is 9.66. The van der Waals surface area contributed by atoms with Gasteiger partial charge in [-0.25, -0.2) is 0 Å². The zero-order chi connectivity index (χ0) is 14.5. The summed E-state index contributed by atoms with van der Waals surface area (Å²) >= 11 is 0. The molecule has 0 aliphatic carbocycles. The minimum absolute atomic E-state index is 0.761. The lowest BCUT2D eigenvalue weighted by atomic mass is 10.0. The van der Waals surface area contributed by atoms with E-state index in [0.29, 0.717) is 0 Å². The topological polar surface area (TPSA) is 23.8 Å². The van der Waals surface area contributed by atoms with Crippen molar-refractivity contribution in [3.8, 4) is 6.07 Å². The maximum Gasteiger partial charge on any atom is 0.0991 e. The standard InChI is InChI=1S/C19H29N/c1-2-3-4-5-6-7-8-9-10-11-12-18-13-15-19(17-20)16-14-18/h13-16H,2-12H2,1H3. The number of hydrogen-bond acceptors (Lipinski definition) is 1. The summed E-state index contributed by atoms with van der Waals surface area (Å²) in [6, 6.07) is 10.2. The lowest BCUT2D eigenvalue weighted by molar-refractivity contribution is 0.556. The van der Waals surface area contributed by atoms with E-state index in [0.717, 1.165) is 12.0 Å². The van der Waals surface area contributed by atoms with Crippen molar-refractivity contribution in [1.82, 2.24) is 0 Å². The molecule has 0 radical (unpaired) electrons. The van der Waals surface area contributed by atoms with Gasteiger partial charge in [-0.05, 0) is 30.5 Å². The highest BCUT2D eigenvalue weighted by Gasteiger charge is 1.96. The molecule has 0 aliphatic heterocycles. The summed E-state index contributed by atoms with van der Waals surface area (Å²) in [6.45, 7) is 2.27. The molecule has 0 heterocycles. The molecule has 1 heteroatoms. The minimum atomic E-state index is 0.761. The van der Waals surface area contributed by atoms with Crippen LogP contribution >= 0.6 is 0 Å². The van der Waals surface area contributed by atoms with E-state index < -0.39 is 0 Å². The summed E-state index contributed by atoms with van der Waals surface area (Å²) in [7, 11) is 0. The molecule has 0 aromatic heterocycles. The largest absolute Gasteiger partial charge is 0.192 e. The van der Waals surface area contributed by atoms with Gasteiger partial charge < -0.3 is 0 Å². The van der Waals surface area contributed by atoms with Crippen LogP contribution in [0.25, 0.3) is 0 Å². The third-order valence-corrected chi connectivity index (χ3v) is 3.90. The highest BCUT2D eigenvalue weighted by atomic mass is 14.2. The molecule has 0 unspecified atom stereocenters. The van der Waals surface area contributed by atoms with E-state index in [1.165, 1.54) is 69.8 Å². The third-order valence-electron chi connectivity index (χ3n) is 3.90. The zero-order valence-corrected chi connectivity index (χ0v) is 13.0. The SMILES string of the molecule is CCCCCCCCCCCCc1ccc(C#N)cc1. The second-order valence-electron chi connectivity index (χ2n) is 5.74. The molecule has 0 saturated carbocycles. The smallest absolute Gasteiger partial charge is 0.0991 e. The molecule has 0 spiro atoms. The number of nitriles is 1. The predicted octanol–water partition coefficient (Wildman–Crippen LogP) is 6.02. The second kappa shape index (κ2) is 11.5. The molecule has 0 bridgehead atoms. The van der Waals surface area contributed by atoms with Gasteiger partial charge in [-0.1, -0.05) is 76.8 Å². The van der Waals surface area contributed by atoms with Gasteiger partial charge in [0.2, 0.25) is 0 Å². The Hall–Kier alpha value is -1.29. The van der Waals surface area contributed by atoms with Crippen molar-refractivity contribution in [2.75, 3.05) is 0 Å². The maximum absolute atomic E-state index is 8.74. The number of benzene rings is 1. The first-order valence-corrected chi connectivity index (χ1v) is 8.36. The molecule has 0 N–H and O–H groups in total. The molecule has 0 fully saturated rings. The predicted molar refractivity (Wildman–Crippen MR) is 86.7 cm³/mol. The van der Waals surface area contributed by atoms with Crippen LogP contribution in [0.2, 0.25) is 0 Å². The van der Waals surface area contributed by atoms with Gasteiger partial charge in [0.25, 0.3) is 0 Å². The first-order chi connectivity index (χ1) is 9.86. The molecule has 0 saturated heterocycles. The van der Waals surface area contributed by atoms with Gasteiger partial charge >= 0.3 is 0 Å². The molecule has 1 rings (SSSR count). The van der Waals surface area contributed by atoms with Crippen LogP contribution in [0.5, 0.6) is 0 Å². The average molecular weight is 271 g/mol. The van der Waals surface area contributed by atoms with Crippen molar-refractivity contribution in [3.63, 3.8) is 0 Å². The van der Waals surface area contributed by atoms with Gasteiger partial charge in [0, 0.05) is 0 Å². The Morgan fingerprint density at radius 1 is 0.750 bits per heavy atom. The van der Waals surface area contributed by atoms with Gasteiger partial charge in [0.1, 0.15) is 0 Å². The number of aryl methyl sites for hydroxylation is 1. The van der Waals surface area contributed by atoms with Crippen LogP contribution in [0, 0.1) is 11.3 Å². The molecule has 0 amide bonds. The monoisotopic (exact) mass is 271 g/mol. The highest BCUT2D eigenvalue weighted by molar-refractivity contribution is 5.31. The molecular weight excluding hydrogens is 242 g/mol. The molecule has 1 nitrogen and oxygen atoms in total. The van der Waals surface area contributed by atoms with Crippen molar-refractivity contribution >= 4 is 0 Å². The van der Waals surface area contributed by atoms with E-state index in [1.54, 1.807) is 0 Å². The lowest BCUT2D eigenvalue weighted by Gasteiger charge is -2.03. The Morgan fingerprint density at radius 3 is 1.75 bits per heavy atom. The Morgan fingerprint density at radius 2 is 1.25 bits per heavy atom. The molecule has 0 aliphatic rings. The number of rotatable bonds is 11. The fourth-order valence-electron chi connectivity index (χ4n) is 2.56. The molecule has 110 valence electrons. The third kappa shape index (κ3) is 8.00. The maximum atomic E-state index is 8.74. The van der Waals surface area contributed by atoms with Crippen LogP contribution in [-0.4, -0.2) is 0 Å². The van der Waals surface area contributed by atoms with Gasteiger partial charge in [-0.3, -0.25) is 0 Å². The quantitative estimate of drug-likeness (QED) is 0.451. The Labute approximate surface area is 125 Å². The van der Waals surface area contributed by atoms with Crippen LogP contribution in [0.1, 0.15) is 82.3 Å². The number of nitrogens with zero attached hydrogens (tertiary/aromatic N) is 1. The molecule has 0 atom stereocenters. The van der Waals surface area contributed by atoms with Crippen molar-refractivity contribution in [3.05, 3.63) is 35.4 Å². The summed E-state index contributed by atoms with van der Waals surface area (Å²) in [6.07, 6.45) is 15.0. The fourth-order valence-corrected chi connectivity index (χ4v) is 2.56. The second-order valence-corrected chi connectivity index (χ2v) is 5.74. The lowest BCUT2D eigenvalue weighted by Crippen LogP contribution is -1.87. The van der Waals surface area contributed by atoms with Gasteiger partial charge in [-0.2, -0.15) is 5.26 Å². The van der Waals surface area contributed by atoms with Crippen LogP contribution in [0.4, 0.5) is 0 Å². The van der Waals surface area contributed by atoms with Gasteiger partial charge in [0.05, 0.1) is 11.6 Å². The van der Waals surface area contributed by atoms with Crippen LogP contribution in [0.15, 0.2) is 24.3 Å². The van der Waals surface area contributed by atoms with Crippen LogP contribution in [0.3, 0.4) is 0 Å². The van der Waals surface area contributed by atoms with E-state index in [4.69, 9.17) is 5.26 Å². The normalized spacial score (nSPS) is 10.4.